The maximum Gasteiger partial charge on any atom is 0.184 e. The van der Waals surface area contributed by atoms with Crippen LogP contribution < -0.4 is 15.2 Å². The molecule has 0 spiro atoms. The average molecular weight is 332 g/mol. The third-order valence-electron chi connectivity index (χ3n) is 5.13. The van der Waals surface area contributed by atoms with Crippen molar-refractivity contribution in [1.29, 1.82) is 0 Å². The molecular formula is C19H28N2O3. The Morgan fingerprint density at radius 1 is 1.29 bits per heavy atom. The first-order valence-corrected chi connectivity index (χ1v) is 8.64. The van der Waals surface area contributed by atoms with Gasteiger partial charge in [-0.15, -0.1) is 0 Å². The van der Waals surface area contributed by atoms with E-state index in [2.05, 4.69) is 19.9 Å². The maximum atomic E-state index is 6.15. The van der Waals surface area contributed by atoms with Crippen LogP contribution in [0.15, 0.2) is 17.1 Å². The zero-order chi connectivity index (χ0) is 17.3. The second kappa shape index (κ2) is 6.63. The van der Waals surface area contributed by atoms with Crippen molar-refractivity contribution >= 4 is 5.90 Å². The molecule has 2 atom stereocenters. The normalized spacial score (nSPS) is 24.8. The summed E-state index contributed by atoms with van der Waals surface area (Å²) in [7, 11) is 3.37. The Morgan fingerprint density at radius 2 is 2.08 bits per heavy atom. The average Bonchev–Trinajstić information content (AvgIpc) is 2.91. The summed E-state index contributed by atoms with van der Waals surface area (Å²) < 4.78 is 16.8. The summed E-state index contributed by atoms with van der Waals surface area (Å²) in [6, 6.07) is 4.12. The van der Waals surface area contributed by atoms with Crippen LogP contribution in [-0.2, 0) is 11.2 Å². The number of fused-ring (bicyclic) bond motifs is 1. The molecule has 0 fully saturated rings. The Balaban J connectivity index is 1.87. The van der Waals surface area contributed by atoms with Crippen LogP contribution in [0.4, 0.5) is 0 Å². The Morgan fingerprint density at radius 3 is 2.67 bits per heavy atom. The SMILES string of the molecule is COc1ccc2c(c1OC)CC[C@@H](CC1=NC(C)(C)CO1)[C@@H]2CN. The quantitative estimate of drug-likeness (QED) is 0.900. The van der Waals surface area contributed by atoms with Crippen molar-refractivity contribution in [1.82, 2.24) is 0 Å². The second-order valence-corrected chi connectivity index (χ2v) is 7.32. The van der Waals surface area contributed by atoms with E-state index in [9.17, 15) is 0 Å². The smallest absolute Gasteiger partial charge is 0.184 e. The van der Waals surface area contributed by atoms with Gasteiger partial charge in [0.1, 0.15) is 6.61 Å². The monoisotopic (exact) mass is 332 g/mol. The second-order valence-electron chi connectivity index (χ2n) is 7.32. The van der Waals surface area contributed by atoms with Crippen LogP contribution >= 0.6 is 0 Å². The van der Waals surface area contributed by atoms with Gasteiger partial charge in [-0.05, 0) is 56.7 Å². The van der Waals surface area contributed by atoms with Crippen LogP contribution in [0.5, 0.6) is 11.5 Å². The lowest BCUT2D eigenvalue weighted by Crippen LogP contribution is -2.29. The Bertz CT molecular complexity index is 640. The van der Waals surface area contributed by atoms with Crippen molar-refractivity contribution in [3.63, 3.8) is 0 Å². The minimum absolute atomic E-state index is 0.100. The van der Waals surface area contributed by atoms with E-state index in [-0.39, 0.29) is 5.54 Å². The summed E-state index contributed by atoms with van der Waals surface area (Å²) in [5.74, 6) is 3.27. The topological polar surface area (TPSA) is 66.1 Å². The van der Waals surface area contributed by atoms with E-state index >= 15 is 0 Å². The Labute approximate surface area is 144 Å². The fourth-order valence-corrected chi connectivity index (χ4v) is 3.95. The number of rotatable bonds is 5. The van der Waals surface area contributed by atoms with Gasteiger partial charge in [0.15, 0.2) is 17.4 Å². The van der Waals surface area contributed by atoms with Crippen molar-refractivity contribution in [2.75, 3.05) is 27.4 Å². The van der Waals surface area contributed by atoms with Crippen LogP contribution in [0.3, 0.4) is 0 Å². The van der Waals surface area contributed by atoms with Crippen LogP contribution in [-0.4, -0.2) is 38.8 Å². The van der Waals surface area contributed by atoms with Crippen molar-refractivity contribution in [3.8, 4) is 11.5 Å². The zero-order valence-electron chi connectivity index (χ0n) is 15.1. The number of nitrogens with two attached hydrogens (primary N) is 1. The number of hydrogen-bond acceptors (Lipinski definition) is 5. The molecule has 0 saturated carbocycles. The molecule has 1 aromatic carbocycles. The van der Waals surface area contributed by atoms with E-state index < -0.39 is 0 Å². The molecule has 2 N–H and O–H groups in total. The molecule has 0 amide bonds. The molecule has 0 aromatic heterocycles. The third kappa shape index (κ3) is 3.09. The first kappa shape index (κ1) is 17.1. The molecule has 5 nitrogen and oxygen atoms in total. The van der Waals surface area contributed by atoms with Gasteiger partial charge in [0, 0.05) is 12.0 Å². The number of ether oxygens (including phenoxy) is 3. The predicted molar refractivity (Wildman–Crippen MR) is 95.2 cm³/mol. The molecular weight excluding hydrogens is 304 g/mol. The number of nitrogens with zero attached hydrogens (tertiary/aromatic N) is 1. The summed E-state index contributed by atoms with van der Waals surface area (Å²) in [6.07, 6.45) is 2.88. The van der Waals surface area contributed by atoms with E-state index in [0.717, 1.165) is 36.7 Å². The van der Waals surface area contributed by atoms with E-state index in [1.165, 1.54) is 11.1 Å². The Hall–Kier alpha value is -1.75. The fourth-order valence-electron chi connectivity index (χ4n) is 3.95. The van der Waals surface area contributed by atoms with Gasteiger partial charge in [0.05, 0.1) is 19.8 Å². The zero-order valence-corrected chi connectivity index (χ0v) is 15.1. The van der Waals surface area contributed by atoms with Gasteiger partial charge in [-0.3, -0.25) is 0 Å². The minimum atomic E-state index is -0.100. The van der Waals surface area contributed by atoms with Crippen molar-refractivity contribution in [2.45, 2.75) is 44.6 Å². The number of hydrogen-bond donors (Lipinski definition) is 1. The van der Waals surface area contributed by atoms with Crippen molar-refractivity contribution in [3.05, 3.63) is 23.3 Å². The molecule has 0 radical (unpaired) electrons. The van der Waals surface area contributed by atoms with E-state index in [1.807, 2.05) is 6.07 Å². The first-order valence-electron chi connectivity index (χ1n) is 8.64. The molecule has 0 bridgehead atoms. The van der Waals surface area contributed by atoms with Crippen LogP contribution in [0.1, 0.15) is 43.7 Å². The van der Waals surface area contributed by atoms with Gasteiger partial charge in [-0.1, -0.05) is 6.07 Å². The van der Waals surface area contributed by atoms with Gasteiger partial charge in [-0.2, -0.15) is 0 Å². The summed E-state index contributed by atoms with van der Waals surface area (Å²) >= 11 is 0. The highest BCUT2D eigenvalue weighted by molar-refractivity contribution is 5.78. The highest BCUT2D eigenvalue weighted by Crippen LogP contribution is 2.45. The standard InChI is InChI=1S/C19H28N2O3/c1-19(2)11-24-17(21-19)9-12-5-6-14-13(15(12)10-20)7-8-16(22-3)18(14)23-4/h7-8,12,15H,5-6,9-11,20H2,1-4H3/t12-,15-/m0/s1. The molecule has 132 valence electrons. The molecule has 1 aromatic rings. The fraction of sp³-hybridized carbons (Fsp3) is 0.632. The highest BCUT2D eigenvalue weighted by Gasteiger charge is 2.35. The molecule has 1 aliphatic carbocycles. The predicted octanol–water partition coefficient (Wildman–Crippen LogP) is 2.91. The van der Waals surface area contributed by atoms with E-state index in [0.29, 0.717) is 25.0 Å². The van der Waals surface area contributed by atoms with Gasteiger partial charge in [0.2, 0.25) is 0 Å². The molecule has 1 heterocycles. The summed E-state index contributed by atoms with van der Waals surface area (Å²) in [5, 5.41) is 0. The first-order chi connectivity index (χ1) is 11.5. The van der Waals surface area contributed by atoms with E-state index in [4.69, 9.17) is 24.9 Å². The van der Waals surface area contributed by atoms with Crippen molar-refractivity contribution in [2.24, 2.45) is 16.6 Å². The highest BCUT2D eigenvalue weighted by atomic mass is 16.5. The Kier molecular flexibility index (Phi) is 4.72. The third-order valence-corrected chi connectivity index (χ3v) is 5.13. The number of methoxy groups -OCH3 is 2. The molecule has 1 aliphatic heterocycles. The number of aliphatic imine (C=N–C) groups is 1. The summed E-state index contributed by atoms with van der Waals surface area (Å²) in [4.78, 5) is 4.71. The van der Waals surface area contributed by atoms with Gasteiger partial charge in [-0.25, -0.2) is 4.99 Å². The lowest BCUT2D eigenvalue weighted by molar-refractivity contribution is 0.263. The van der Waals surface area contributed by atoms with Crippen LogP contribution in [0, 0.1) is 5.92 Å². The van der Waals surface area contributed by atoms with Gasteiger partial charge < -0.3 is 19.9 Å². The molecule has 0 unspecified atom stereocenters. The minimum Gasteiger partial charge on any atom is -0.493 e. The maximum absolute atomic E-state index is 6.15. The summed E-state index contributed by atoms with van der Waals surface area (Å²) in [6.45, 7) is 5.50. The largest absolute Gasteiger partial charge is 0.493 e. The van der Waals surface area contributed by atoms with Crippen LogP contribution in [0.25, 0.3) is 0 Å². The van der Waals surface area contributed by atoms with E-state index in [1.54, 1.807) is 14.2 Å². The van der Waals surface area contributed by atoms with Gasteiger partial charge in [0.25, 0.3) is 0 Å². The lowest BCUT2D eigenvalue weighted by Gasteiger charge is -2.34. The van der Waals surface area contributed by atoms with Crippen LogP contribution in [0.2, 0.25) is 0 Å². The lowest BCUT2D eigenvalue weighted by atomic mass is 9.73. The van der Waals surface area contributed by atoms with Crippen molar-refractivity contribution < 1.29 is 14.2 Å². The molecule has 2 aliphatic rings. The molecule has 3 rings (SSSR count). The van der Waals surface area contributed by atoms with Gasteiger partial charge >= 0.3 is 0 Å². The molecule has 0 saturated heterocycles. The number of benzene rings is 1. The summed E-state index contributed by atoms with van der Waals surface area (Å²) in [5.41, 5.74) is 8.56. The molecule has 24 heavy (non-hydrogen) atoms. The molecule has 5 heteroatoms.